The Kier molecular flexibility index (Phi) is 9.34. The highest BCUT2D eigenvalue weighted by Crippen LogP contribution is 2.46. The first-order chi connectivity index (χ1) is 15.6. The number of allylic oxidation sites excluding steroid dienone is 2. The van der Waals surface area contributed by atoms with Gasteiger partial charge in [-0.1, -0.05) is 65.3 Å². The van der Waals surface area contributed by atoms with E-state index in [1.165, 1.54) is 87.0 Å². The summed E-state index contributed by atoms with van der Waals surface area (Å²) in [5, 5.41) is 2.34. The normalized spacial score (nSPS) is 21.1. The summed E-state index contributed by atoms with van der Waals surface area (Å²) in [6.07, 6.45) is 10.1. The van der Waals surface area contributed by atoms with Crippen molar-refractivity contribution in [1.82, 2.24) is 4.90 Å². The second-order valence-corrected chi connectivity index (χ2v) is 12.7. The number of thioether (sulfide) groups is 1. The first-order valence-electron chi connectivity index (χ1n) is 13.2. The van der Waals surface area contributed by atoms with Crippen molar-refractivity contribution in [3.63, 3.8) is 0 Å². The summed E-state index contributed by atoms with van der Waals surface area (Å²) < 4.78 is 0. The maximum Gasteiger partial charge on any atom is -0.00127 e. The van der Waals surface area contributed by atoms with E-state index in [1.54, 1.807) is 11.1 Å². The van der Waals surface area contributed by atoms with E-state index in [1.807, 2.05) is 11.8 Å². The summed E-state index contributed by atoms with van der Waals surface area (Å²) in [5.41, 5.74) is 11.9. The van der Waals surface area contributed by atoms with Crippen LogP contribution in [0, 0.1) is 5.92 Å². The van der Waals surface area contributed by atoms with Gasteiger partial charge < -0.3 is 10.6 Å². The maximum absolute atomic E-state index is 5.60. The monoisotopic (exact) mass is 468 g/mol. The van der Waals surface area contributed by atoms with Gasteiger partial charge in [-0.3, -0.25) is 0 Å². The summed E-state index contributed by atoms with van der Waals surface area (Å²) in [5.74, 6) is 0.649. The van der Waals surface area contributed by atoms with Crippen LogP contribution >= 0.6 is 11.8 Å². The molecule has 33 heavy (non-hydrogen) atoms. The Hall–Kier alpha value is -1.03. The van der Waals surface area contributed by atoms with Gasteiger partial charge in [-0.25, -0.2) is 0 Å². The number of nitrogens with zero attached hydrogens (tertiary/aromatic N) is 1. The lowest BCUT2D eigenvalue weighted by atomic mass is 9.63. The number of likely N-dealkylation sites (tertiary alicyclic amines) is 1. The van der Waals surface area contributed by atoms with Crippen molar-refractivity contribution < 1.29 is 0 Å². The van der Waals surface area contributed by atoms with Crippen LogP contribution in [0.3, 0.4) is 0 Å². The van der Waals surface area contributed by atoms with Crippen molar-refractivity contribution in [2.75, 3.05) is 26.2 Å². The molecule has 1 aromatic rings. The smallest absolute Gasteiger partial charge is 0.00127 e. The van der Waals surface area contributed by atoms with Crippen molar-refractivity contribution in [1.29, 1.82) is 0 Å². The molecule has 0 unspecified atom stereocenters. The molecular weight excluding hydrogens is 420 g/mol. The SMILES string of the molecule is C=C(S/C=C(\C)c1ccc2c(c1)C(C)(C)CCC2(C)C)C1CCN(CCCCCCN)CC1. The number of piperidine rings is 1. The third kappa shape index (κ3) is 6.99. The topological polar surface area (TPSA) is 29.3 Å². The second kappa shape index (κ2) is 11.6. The summed E-state index contributed by atoms with van der Waals surface area (Å²) in [4.78, 5) is 3.99. The predicted molar refractivity (Wildman–Crippen MR) is 149 cm³/mol. The van der Waals surface area contributed by atoms with E-state index >= 15 is 0 Å². The lowest BCUT2D eigenvalue weighted by Gasteiger charge is -2.42. The molecule has 3 rings (SSSR count). The highest BCUT2D eigenvalue weighted by atomic mass is 32.2. The Morgan fingerprint density at radius 2 is 1.67 bits per heavy atom. The van der Waals surface area contributed by atoms with Crippen LogP contribution in [-0.2, 0) is 10.8 Å². The molecule has 0 bridgehead atoms. The Balaban J connectivity index is 1.53. The van der Waals surface area contributed by atoms with Crippen molar-refractivity contribution >= 4 is 17.3 Å². The first kappa shape index (κ1) is 26.6. The molecule has 1 aromatic carbocycles. The largest absolute Gasteiger partial charge is 0.330 e. The lowest BCUT2D eigenvalue weighted by molar-refractivity contribution is 0.198. The fourth-order valence-corrected chi connectivity index (χ4v) is 6.37. The number of hydrogen-bond acceptors (Lipinski definition) is 3. The highest BCUT2D eigenvalue weighted by Gasteiger charge is 2.36. The Labute approximate surface area is 208 Å². The van der Waals surface area contributed by atoms with E-state index in [9.17, 15) is 0 Å². The van der Waals surface area contributed by atoms with Crippen molar-refractivity contribution in [2.45, 2.75) is 96.8 Å². The van der Waals surface area contributed by atoms with Gasteiger partial charge in [0.15, 0.2) is 0 Å². The van der Waals surface area contributed by atoms with Gasteiger partial charge in [-0.15, -0.1) is 11.8 Å². The minimum atomic E-state index is 0.260. The number of unbranched alkanes of at least 4 members (excludes halogenated alkanes) is 3. The molecular formula is C30H48N2S. The van der Waals surface area contributed by atoms with Gasteiger partial charge in [-0.05, 0) is 121 Å². The Morgan fingerprint density at radius 1 is 1.03 bits per heavy atom. The molecule has 1 saturated heterocycles. The molecule has 1 aliphatic carbocycles. The van der Waals surface area contributed by atoms with Gasteiger partial charge in [0.25, 0.3) is 0 Å². The summed E-state index contributed by atoms with van der Waals surface area (Å²) in [6, 6.07) is 7.20. The van der Waals surface area contributed by atoms with Crippen LogP contribution in [0.1, 0.15) is 103 Å². The van der Waals surface area contributed by atoms with Crippen molar-refractivity contribution in [3.8, 4) is 0 Å². The fraction of sp³-hybridized carbons (Fsp3) is 0.667. The molecule has 0 radical (unpaired) electrons. The molecule has 0 saturated carbocycles. The minimum Gasteiger partial charge on any atom is -0.330 e. The van der Waals surface area contributed by atoms with Crippen molar-refractivity contribution in [2.24, 2.45) is 11.7 Å². The van der Waals surface area contributed by atoms with Gasteiger partial charge in [0.05, 0.1) is 0 Å². The molecule has 184 valence electrons. The summed E-state index contributed by atoms with van der Waals surface area (Å²) in [6.45, 7) is 20.9. The molecule has 2 nitrogen and oxygen atoms in total. The average molecular weight is 469 g/mol. The number of hydrogen-bond donors (Lipinski definition) is 1. The standard InChI is InChI=1S/C30H48N2S/c1-23(26-11-12-27-28(21-26)30(5,6)16-15-29(27,3)4)22-33-24(2)25-13-19-32(20-14-25)18-10-8-7-9-17-31/h11-12,21-22,25H,2,7-10,13-20,31H2,1,3-6H3/b23-22+. The summed E-state index contributed by atoms with van der Waals surface area (Å²) >= 11 is 1.86. The molecule has 2 N–H and O–H groups in total. The number of nitrogens with two attached hydrogens (primary N) is 1. The minimum absolute atomic E-state index is 0.260. The van der Waals surface area contributed by atoms with E-state index in [4.69, 9.17) is 5.73 Å². The van der Waals surface area contributed by atoms with Crippen LogP contribution in [-0.4, -0.2) is 31.1 Å². The fourth-order valence-electron chi connectivity index (χ4n) is 5.47. The molecule has 1 fully saturated rings. The highest BCUT2D eigenvalue weighted by molar-refractivity contribution is 8.06. The molecule has 0 aromatic heterocycles. The third-order valence-corrected chi connectivity index (χ3v) is 9.27. The zero-order valence-corrected chi connectivity index (χ0v) is 22.8. The van der Waals surface area contributed by atoms with Crippen LogP contribution in [0.2, 0.25) is 0 Å². The van der Waals surface area contributed by atoms with E-state index in [-0.39, 0.29) is 10.8 Å². The first-order valence-corrected chi connectivity index (χ1v) is 14.1. The molecule has 0 amide bonds. The average Bonchev–Trinajstić information content (AvgIpc) is 2.80. The Morgan fingerprint density at radius 3 is 2.33 bits per heavy atom. The zero-order chi connectivity index (χ0) is 24.1. The molecule has 1 heterocycles. The number of fused-ring (bicyclic) bond motifs is 1. The van der Waals surface area contributed by atoms with Crippen LogP contribution in [0.25, 0.3) is 5.57 Å². The molecule has 3 heteroatoms. The van der Waals surface area contributed by atoms with Crippen molar-refractivity contribution in [3.05, 3.63) is 51.8 Å². The molecule has 0 spiro atoms. The summed E-state index contributed by atoms with van der Waals surface area (Å²) in [7, 11) is 0. The van der Waals surface area contributed by atoms with Crippen LogP contribution in [0.15, 0.2) is 35.1 Å². The van der Waals surface area contributed by atoms with Gasteiger partial charge in [0.2, 0.25) is 0 Å². The zero-order valence-electron chi connectivity index (χ0n) is 22.0. The number of benzene rings is 1. The van der Waals surface area contributed by atoms with Gasteiger partial charge in [0, 0.05) is 0 Å². The molecule has 1 aliphatic heterocycles. The van der Waals surface area contributed by atoms with Gasteiger partial charge in [0.1, 0.15) is 0 Å². The van der Waals surface area contributed by atoms with E-state index in [0.717, 1.165) is 6.54 Å². The quantitative estimate of drug-likeness (QED) is 0.354. The number of rotatable bonds is 10. The van der Waals surface area contributed by atoms with Crippen LogP contribution in [0.4, 0.5) is 0 Å². The van der Waals surface area contributed by atoms with Crippen LogP contribution < -0.4 is 5.73 Å². The van der Waals surface area contributed by atoms with Crippen LogP contribution in [0.5, 0.6) is 0 Å². The van der Waals surface area contributed by atoms with E-state index < -0.39 is 0 Å². The predicted octanol–water partition coefficient (Wildman–Crippen LogP) is 7.87. The maximum atomic E-state index is 5.60. The van der Waals surface area contributed by atoms with Gasteiger partial charge in [-0.2, -0.15) is 0 Å². The Bertz CT molecular complexity index is 828. The lowest BCUT2D eigenvalue weighted by Crippen LogP contribution is -2.34. The van der Waals surface area contributed by atoms with E-state index in [2.05, 4.69) is 69.7 Å². The second-order valence-electron chi connectivity index (χ2n) is 11.7. The van der Waals surface area contributed by atoms with Gasteiger partial charge >= 0.3 is 0 Å². The van der Waals surface area contributed by atoms with E-state index in [0.29, 0.717) is 5.92 Å². The third-order valence-electron chi connectivity index (χ3n) is 8.17. The molecule has 0 atom stereocenters. The molecule has 2 aliphatic rings.